The molecule has 0 heterocycles. The van der Waals surface area contributed by atoms with Gasteiger partial charge in [-0.2, -0.15) is 0 Å². The highest BCUT2D eigenvalue weighted by Crippen LogP contribution is 2.20. The Hall–Kier alpha value is -1.11. The molecular formula is C10H12O. The van der Waals surface area contributed by atoms with E-state index in [0.29, 0.717) is 5.92 Å². The quantitative estimate of drug-likeness (QED) is 0.433. The van der Waals surface area contributed by atoms with Crippen LogP contribution in [0, 0.1) is 5.92 Å². The molecule has 1 heteroatoms. The van der Waals surface area contributed by atoms with Gasteiger partial charge >= 0.3 is 0 Å². The first kappa shape index (κ1) is 7.99. The molecule has 1 rings (SSSR count). The summed E-state index contributed by atoms with van der Waals surface area (Å²) >= 11 is 0. The standard InChI is InChI=1S/C10H12O/c1-8(2)10-5-3-9(7-11)4-6-10/h3-5,7,10H,1,6H2,2H3. The molecule has 0 aromatic carbocycles. The molecule has 0 radical (unpaired) electrons. The van der Waals surface area contributed by atoms with Gasteiger partial charge in [0.25, 0.3) is 0 Å². The summed E-state index contributed by atoms with van der Waals surface area (Å²) in [5, 5.41) is 0. The fourth-order valence-corrected chi connectivity index (χ4v) is 1.09. The average Bonchev–Trinajstić information content (AvgIpc) is 2.05. The number of aldehydes is 1. The highest BCUT2D eigenvalue weighted by molar-refractivity contribution is 5.77. The minimum atomic E-state index is 0.429. The Bertz CT molecular complexity index is 233. The highest BCUT2D eigenvalue weighted by Gasteiger charge is 2.07. The lowest BCUT2D eigenvalue weighted by Gasteiger charge is -2.13. The predicted octanol–water partition coefficient (Wildman–Crippen LogP) is 2.26. The minimum Gasteiger partial charge on any atom is -0.298 e. The molecule has 1 atom stereocenters. The second-order valence-corrected chi connectivity index (χ2v) is 2.87. The SMILES string of the molecule is C=C(C)C1C=CC(C=O)=CC1. The average molecular weight is 148 g/mol. The van der Waals surface area contributed by atoms with Crippen LogP contribution in [-0.4, -0.2) is 6.29 Å². The smallest absolute Gasteiger partial charge is 0.149 e. The van der Waals surface area contributed by atoms with E-state index in [-0.39, 0.29) is 0 Å². The third-order valence-corrected chi connectivity index (χ3v) is 1.90. The minimum absolute atomic E-state index is 0.429. The molecule has 0 amide bonds. The molecule has 0 aliphatic heterocycles. The van der Waals surface area contributed by atoms with Gasteiger partial charge in [-0.05, 0) is 13.3 Å². The molecular weight excluding hydrogens is 136 g/mol. The van der Waals surface area contributed by atoms with Gasteiger partial charge in [-0.1, -0.05) is 30.4 Å². The van der Waals surface area contributed by atoms with Crippen molar-refractivity contribution < 1.29 is 4.79 Å². The van der Waals surface area contributed by atoms with E-state index in [2.05, 4.69) is 6.58 Å². The Morgan fingerprint density at radius 2 is 2.55 bits per heavy atom. The zero-order valence-corrected chi connectivity index (χ0v) is 6.71. The number of carbonyl (C=O) groups excluding carboxylic acids is 1. The van der Waals surface area contributed by atoms with Gasteiger partial charge in [-0.3, -0.25) is 4.79 Å². The zero-order valence-electron chi connectivity index (χ0n) is 6.71. The van der Waals surface area contributed by atoms with Crippen molar-refractivity contribution in [1.82, 2.24) is 0 Å². The van der Waals surface area contributed by atoms with E-state index in [9.17, 15) is 4.79 Å². The van der Waals surface area contributed by atoms with Crippen LogP contribution in [0.3, 0.4) is 0 Å². The van der Waals surface area contributed by atoms with Gasteiger partial charge in [0.2, 0.25) is 0 Å². The van der Waals surface area contributed by atoms with Crippen molar-refractivity contribution in [1.29, 1.82) is 0 Å². The Labute approximate surface area is 67.1 Å². The van der Waals surface area contributed by atoms with Crippen LogP contribution in [0.25, 0.3) is 0 Å². The summed E-state index contributed by atoms with van der Waals surface area (Å²) in [6, 6.07) is 0. The summed E-state index contributed by atoms with van der Waals surface area (Å²) < 4.78 is 0. The molecule has 1 nitrogen and oxygen atoms in total. The maximum absolute atomic E-state index is 10.3. The second kappa shape index (κ2) is 3.33. The maximum atomic E-state index is 10.3. The molecule has 0 saturated heterocycles. The molecule has 0 N–H and O–H groups in total. The molecule has 1 unspecified atom stereocenters. The molecule has 0 aromatic heterocycles. The van der Waals surface area contributed by atoms with E-state index in [1.165, 1.54) is 0 Å². The van der Waals surface area contributed by atoms with Crippen LogP contribution in [-0.2, 0) is 4.79 Å². The first-order chi connectivity index (χ1) is 5.24. The lowest BCUT2D eigenvalue weighted by Crippen LogP contribution is -2.00. The predicted molar refractivity (Wildman–Crippen MR) is 46.2 cm³/mol. The van der Waals surface area contributed by atoms with E-state index in [4.69, 9.17) is 0 Å². The largest absolute Gasteiger partial charge is 0.298 e. The van der Waals surface area contributed by atoms with E-state index in [0.717, 1.165) is 23.9 Å². The van der Waals surface area contributed by atoms with Gasteiger partial charge in [0.1, 0.15) is 6.29 Å². The first-order valence-corrected chi connectivity index (χ1v) is 3.73. The molecule has 0 fully saturated rings. The van der Waals surface area contributed by atoms with Crippen molar-refractivity contribution in [3.63, 3.8) is 0 Å². The van der Waals surface area contributed by atoms with Crippen LogP contribution in [0.4, 0.5) is 0 Å². The second-order valence-electron chi connectivity index (χ2n) is 2.87. The van der Waals surface area contributed by atoms with Gasteiger partial charge in [0.15, 0.2) is 0 Å². The number of rotatable bonds is 2. The van der Waals surface area contributed by atoms with Gasteiger partial charge in [-0.25, -0.2) is 0 Å². The van der Waals surface area contributed by atoms with E-state index in [1.807, 2.05) is 25.2 Å². The molecule has 0 aromatic rings. The number of hydrogen-bond donors (Lipinski definition) is 0. The topological polar surface area (TPSA) is 17.1 Å². The molecule has 0 spiro atoms. The monoisotopic (exact) mass is 148 g/mol. The molecule has 58 valence electrons. The summed E-state index contributed by atoms with van der Waals surface area (Å²) in [6.07, 6.45) is 7.64. The fraction of sp³-hybridized carbons (Fsp3) is 0.300. The van der Waals surface area contributed by atoms with Crippen molar-refractivity contribution in [2.75, 3.05) is 0 Å². The summed E-state index contributed by atoms with van der Waals surface area (Å²) in [5.74, 6) is 0.429. The summed E-state index contributed by atoms with van der Waals surface area (Å²) in [4.78, 5) is 10.3. The number of allylic oxidation sites excluding steroid dienone is 5. The van der Waals surface area contributed by atoms with Crippen molar-refractivity contribution >= 4 is 6.29 Å². The van der Waals surface area contributed by atoms with Crippen molar-refractivity contribution in [2.45, 2.75) is 13.3 Å². The third-order valence-electron chi connectivity index (χ3n) is 1.90. The van der Waals surface area contributed by atoms with Crippen molar-refractivity contribution in [3.05, 3.63) is 36.0 Å². The Balaban J connectivity index is 2.64. The Morgan fingerprint density at radius 3 is 2.91 bits per heavy atom. The van der Waals surface area contributed by atoms with Crippen LogP contribution in [0.5, 0.6) is 0 Å². The molecule has 0 saturated carbocycles. The normalized spacial score (nSPS) is 22.6. The Kier molecular flexibility index (Phi) is 2.42. The van der Waals surface area contributed by atoms with Crippen LogP contribution in [0.1, 0.15) is 13.3 Å². The lowest BCUT2D eigenvalue weighted by molar-refractivity contribution is -0.104. The van der Waals surface area contributed by atoms with Crippen LogP contribution >= 0.6 is 0 Å². The van der Waals surface area contributed by atoms with Crippen molar-refractivity contribution in [3.8, 4) is 0 Å². The molecule has 0 bridgehead atoms. The van der Waals surface area contributed by atoms with Gasteiger partial charge in [0.05, 0.1) is 0 Å². The zero-order chi connectivity index (χ0) is 8.27. The molecule has 1 aliphatic rings. The maximum Gasteiger partial charge on any atom is 0.149 e. The van der Waals surface area contributed by atoms with Crippen LogP contribution < -0.4 is 0 Å². The number of carbonyl (C=O) groups is 1. The third kappa shape index (κ3) is 1.90. The first-order valence-electron chi connectivity index (χ1n) is 3.73. The van der Waals surface area contributed by atoms with Crippen LogP contribution in [0.15, 0.2) is 36.0 Å². The van der Waals surface area contributed by atoms with Gasteiger partial charge in [-0.15, -0.1) is 0 Å². The molecule has 11 heavy (non-hydrogen) atoms. The summed E-state index contributed by atoms with van der Waals surface area (Å²) in [6.45, 7) is 5.87. The van der Waals surface area contributed by atoms with E-state index >= 15 is 0 Å². The fourth-order valence-electron chi connectivity index (χ4n) is 1.09. The highest BCUT2D eigenvalue weighted by atomic mass is 16.1. The number of hydrogen-bond acceptors (Lipinski definition) is 1. The Morgan fingerprint density at radius 1 is 1.82 bits per heavy atom. The van der Waals surface area contributed by atoms with Crippen LogP contribution in [0.2, 0.25) is 0 Å². The molecule has 1 aliphatic carbocycles. The van der Waals surface area contributed by atoms with Crippen molar-refractivity contribution in [2.24, 2.45) is 5.92 Å². The lowest BCUT2D eigenvalue weighted by atomic mass is 9.92. The summed E-state index contributed by atoms with van der Waals surface area (Å²) in [7, 11) is 0. The summed E-state index contributed by atoms with van der Waals surface area (Å²) in [5.41, 5.74) is 1.94. The van der Waals surface area contributed by atoms with E-state index in [1.54, 1.807) is 0 Å². The van der Waals surface area contributed by atoms with Gasteiger partial charge in [0, 0.05) is 11.5 Å². The van der Waals surface area contributed by atoms with E-state index < -0.39 is 0 Å². The van der Waals surface area contributed by atoms with Gasteiger partial charge < -0.3 is 0 Å².